The largest absolute Gasteiger partial charge is 0.497 e. The first-order chi connectivity index (χ1) is 7.76. The van der Waals surface area contributed by atoms with Gasteiger partial charge >= 0.3 is 0 Å². The first-order valence-corrected chi connectivity index (χ1v) is 5.24. The van der Waals surface area contributed by atoms with Gasteiger partial charge in [-0.3, -0.25) is 0 Å². The summed E-state index contributed by atoms with van der Waals surface area (Å²) in [6.45, 7) is 0.794. The number of hydrogen-bond acceptors (Lipinski definition) is 4. The van der Waals surface area contributed by atoms with Crippen molar-refractivity contribution in [3.63, 3.8) is 0 Å². The molecule has 0 aliphatic carbocycles. The molecule has 16 heavy (non-hydrogen) atoms. The van der Waals surface area contributed by atoms with Crippen molar-refractivity contribution in [2.75, 3.05) is 34.4 Å². The lowest BCUT2D eigenvalue weighted by molar-refractivity contribution is 0.260. The summed E-state index contributed by atoms with van der Waals surface area (Å²) in [6.07, 6.45) is 0. The van der Waals surface area contributed by atoms with Crippen LogP contribution in [0.5, 0.6) is 11.5 Å². The van der Waals surface area contributed by atoms with Gasteiger partial charge in [0.1, 0.15) is 11.5 Å². The second kappa shape index (κ2) is 6.35. The van der Waals surface area contributed by atoms with Crippen LogP contribution in [0.2, 0.25) is 0 Å². The summed E-state index contributed by atoms with van der Waals surface area (Å²) in [6, 6.07) is 5.62. The molecule has 1 aromatic carbocycles. The van der Waals surface area contributed by atoms with E-state index >= 15 is 0 Å². The van der Waals surface area contributed by atoms with E-state index in [0.29, 0.717) is 6.54 Å². The van der Waals surface area contributed by atoms with E-state index in [0.717, 1.165) is 17.1 Å². The Labute approximate surface area is 96.2 Å². The Balaban J connectivity index is 3.01. The molecule has 0 spiro atoms. The number of benzene rings is 1. The van der Waals surface area contributed by atoms with Crippen LogP contribution in [0.25, 0.3) is 0 Å². The summed E-state index contributed by atoms with van der Waals surface area (Å²) in [5.41, 5.74) is 0.986. The van der Waals surface area contributed by atoms with Gasteiger partial charge in [0.25, 0.3) is 0 Å². The molecule has 0 heterocycles. The lowest BCUT2D eigenvalue weighted by atomic mass is 9.98. The maximum Gasteiger partial charge on any atom is 0.126 e. The molecule has 0 amide bonds. The van der Waals surface area contributed by atoms with Gasteiger partial charge in [-0.05, 0) is 13.1 Å². The van der Waals surface area contributed by atoms with Gasteiger partial charge in [0.05, 0.1) is 20.8 Å². The van der Waals surface area contributed by atoms with E-state index in [2.05, 4.69) is 5.32 Å². The maximum atomic E-state index is 9.33. The molecule has 0 saturated heterocycles. The summed E-state index contributed by atoms with van der Waals surface area (Å²) >= 11 is 0. The van der Waals surface area contributed by atoms with Crippen molar-refractivity contribution >= 4 is 0 Å². The van der Waals surface area contributed by atoms with Crippen molar-refractivity contribution in [3.05, 3.63) is 23.8 Å². The van der Waals surface area contributed by atoms with Crippen LogP contribution in [-0.4, -0.2) is 39.5 Å². The fourth-order valence-corrected chi connectivity index (χ4v) is 1.67. The highest BCUT2D eigenvalue weighted by atomic mass is 16.5. The first kappa shape index (κ1) is 12.8. The van der Waals surface area contributed by atoms with Gasteiger partial charge in [-0.1, -0.05) is 6.07 Å². The van der Waals surface area contributed by atoms with Crippen LogP contribution in [0.3, 0.4) is 0 Å². The SMILES string of the molecule is CNCC(CO)c1ccc(OC)cc1OC. The Hall–Kier alpha value is -1.26. The van der Waals surface area contributed by atoms with Gasteiger partial charge in [0.15, 0.2) is 0 Å². The van der Waals surface area contributed by atoms with Gasteiger partial charge in [-0.2, -0.15) is 0 Å². The monoisotopic (exact) mass is 225 g/mol. The summed E-state index contributed by atoms with van der Waals surface area (Å²) in [7, 11) is 5.09. The van der Waals surface area contributed by atoms with Crippen LogP contribution in [-0.2, 0) is 0 Å². The minimum Gasteiger partial charge on any atom is -0.497 e. The Morgan fingerprint density at radius 3 is 2.56 bits per heavy atom. The molecule has 4 heteroatoms. The number of nitrogens with one attached hydrogen (secondary N) is 1. The van der Waals surface area contributed by atoms with E-state index in [4.69, 9.17) is 9.47 Å². The Kier molecular flexibility index (Phi) is 5.08. The zero-order valence-corrected chi connectivity index (χ0v) is 9.99. The smallest absolute Gasteiger partial charge is 0.126 e. The molecule has 0 aliphatic rings. The Morgan fingerprint density at radius 1 is 1.31 bits per heavy atom. The third kappa shape index (κ3) is 2.87. The molecule has 0 fully saturated rings. The van der Waals surface area contributed by atoms with E-state index < -0.39 is 0 Å². The molecule has 1 atom stereocenters. The molecule has 0 radical (unpaired) electrons. The number of aliphatic hydroxyl groups is 1. The number of likely N-dealkylation sites (N-methyl/N-ethyl adjacent to an activating group) is 1. The molecule has 4 nitrogen and oxygen atoms in total. The van der Waals surface area contributed by atoms with Crippen LogP contribution in [0, 0.1) is 0 Å². The zero-order chi connectivity index (χ0) is 12.0. The molecule has 1 aromatic rings. The van der Waals surface area contributed by atoms with E-state index in [-0.39, 0.29) is 12.5 Å². The number of rotatable bonds is 6. The van der Waals surface area contributed by atoms with Crippen LogP contribution in [0.4, 0.5) is 0 Å². The van der Waals surface area contributed by atoms with E-state index in [9.17, 15) is 5.11 Å². The zero-order valence-electron chi connectivity index (χ0n) is 9.99. The van der Waals surface area contributed by atoms with Gasteiger partial charge in [0, 0.05) is 24.1 Å². The molecule has 0 aliphatic heterocycles. The van der Waals surface area contributed by atoms with Gasteiger partial charge in [-0.25, -0.2) is 0 Å². The summed E-state index contributed by atoms with van der Waals surface area (Å²) in [5, 5.41) is 12.4. The van der Waals surface area contributed by atoms with Crippen LogP contribution >= 0.6 is 0 Å². The van der Waals surface area contributed by atoms with Crippen molar-refractivity contribution < 1.29 is 14.6 Å². The molecular weight excluding hydrogens is 206 g/mol. The normalized spacial score (nSPS) is 12.2. The minimum atomic E-state index is 0.0332. The first-order valence-electron chi connectivity index (χ1n) is 5.24. The van der Waals surface area contributed by atoms with Gasteiger partial charge in [-0.15, -0.1) is 0 Å². The quantitative estimate of drug-likeness (QED) is 0.758. The topological polar surface area (TPSA) is 50.7 Å². The Bertz CT molecular complexity index is 328. The maximum absolute atomic E-state index is 9.33. The number of aliphatic hydroxyl groups excluding tert-OH is 1. The number of ether oxygens (including phenoxy) is 2. The number of hydrogen-bond donors (Lipinski definition) is 2. The van der Waals surface area contributed by atoms with Crippen LogP contribution < -0.4 is 14.8 Å². The predicted octanol–water partition coefficient (Wildman–Crippen LogP) is 0.999. The average Bonchev–Trinajstić information content (AvgIpc) is 2.35. The van der Waals surface area contributed by atoms with E-state index in [1.165, 1.54) is 0 Å². The molecule has 0 saturated carbocycles. The lowest BCUT2D eigenvalue weighted by Gasteiger charge is -2.18. The summed E-state index contributed by atoms with van der Waals surface area (Å²) in [4.78, 5) is 0. The van der Waals surface area contributed by atoms with Crippen molar-refractivity contribution in [1.82, 2.24) is 5.32 Å². The highest BCUT2D eigenvalue weighted by molar-refractivity contribution is 5.43. The second-order valence-corrected chi connectivity index (χ2v) is 3.55. The third-order valence-electron chi connectivity index (χ3n) is 2.55. The molecule has 2 N–H and O–H groups in total. The third-order valence-corrected chi connectivity index (χ3v) is 2.55. The van der Waals surface area contributed by atoms with Crippen molar-refractivity contribution in [3.8, 4) is 11.5 Å². The average molecular weight is 225 g/mol. The molecule has 90 valence electrons. The number of methoxy groups -OCH3 is 2. The predicted molar refractivity (Wildman–Crippen MR) is 63.3 cm³/mol. The van der Waals surface area contributed by atoms with Gasteiger partial charge in [0.2, 0.25) is 0 Å². The molecule has 1 rings (SSSR count). The van der Waals surface area contributed by atoms with E-state index in [1.807, 2.05) is 25.2 Å². The molecule has 1 unspecified atom stereocenters. The van der Waals surface area contributed by atoms with Crippen LogP contribution in [0.1, 0.15) is 11.5 Å². The van der Waals surface area contributed by atoms with E-state index in [1.54, 1.807) is 14.2 Å². The van der Waals surface area contributed by atoms with Crippen molar-refractivity contribution in [2.24, 2.45) is 0 Å². The van der Waals surface area contributed by atoms with Crippen molar-refractivity contribution in [1.29, 1.82) is 0 Å². The second-order valence-electron chi connectivity index (χ2n) is 3.55. The minimum absolute atomic E-state index is 0.0332. The molecule has 0 aromatic heterocycles. The van der Waals surface area contributed by atoms with Crippen LogP contribution in [0.15, 0.2) is 18.2 Å². The lowest BCUT2D eigenvalue weighted by Crippen LogP contribution is -2.20. The fraction of sp³-hybridized carbons (Fsp3) is 0.500. The summed E-state index contributed by atoms with van der Waals surface area (Å²) < 4.78 is 10.4. The standard InChI is InChI=1S/C12H19NO3/c1-13-7-9(8-14)11-5-4-10(15-2)6-12(11)16-3/h4-6,9,13-14H,7-8H2,1-3H3. The van der Waals surface area contributed by atoms with Crippen molar-refractivity contribution in [2.45, 2.75) is 5.92 Å². The fourth-order valence-electron chi connectivity index (χ4n) is 1.67. The molecule has 0 bridgehead atoms. The highest BCUT2D eigenvalue weighted by Crippen LogP contribution is 2.30. The highest BCUT2D eigenvalue weighted by Gasteiger charge is 2.15. The summed E-state index contributed by atoms with van der Waals surface area (Å²) in [5.74, 6) is 1.53. The Morgan fingerprint density at radius 2 is 2.06 bits per heavy atom. The molecular formula is C12H19NO3. The van der Waals surface area contributed by atoms with Gasteiger partial charge < -0.3 is 19.9 Å².